The van der Waals surface area contributed by atoms with Crippen LogP contribution in [0.25, 0.3) is 0 Å². The fraction of sp³-hybridized carbons (Fsp3) is 0.462. The number of nitrogens with one attached hydrogen (secondary N) is 2. The maximum atomic E-state index is 13.0. The second-order valence-electron chi connectivity index (χ2n) is 5.01. The summed E-state index contributed by atoms with van der Waals surface area (Å²) in [6, 6.07) is 3.11. The zero-order chi connectivity index (χ0) is 13.8. The summed E-state index contributed by atoms with van der Waals surface area (Å²) in [7, 11) is 1.83. The van der Waals surface area contributed by atoms with E-state index in [9.17, 15) is 13.6 Å². The smallest absolute Gasteiger partial charge is 0.251 e. The van der Waals surface area contributed by atoms with E-state index in [0.29, 0.717) is 6.54 Å². The normalized spacial score (nSPS) is 11.4. The SMILES string of the molecule is CNCC(C)(C)CNC(=O)c1ccc(F)c(F)c1. The molecule has 3 nitrogen and oxygen atoms in total. The lowest BCUT2D eigenvalue weighted by Gasteiger charge is -2.24. The van der Waals surface area contributed by atoms with Gasteiger partial charge in [0.1, 0.15) is 0 Å². The topological polar surface area (TPSA) is 41.1 Å². The van der Waals surface area contributed by atoms with Gasteiger partial charge in [0.05, 0.1) is 0 Å². The quantitative estimate of drug-likeness (QED) is 0.845. The van der Waals surface area contributed by atoms with Crippen LogP contribution in [0.2, 0.25) is 0 Å². The van der Waals surface area contributed by atoms with Gasteiger partial charge >= 0.3 is 0 Å². The molecule has 0 fully saturated rings. The van der Waals surface area contributed by atoms with E-state index in [4.69, 9.17) is 0 Å². The van der Waals surface area contributed by atoms with Crippen molar-refractivity contribution in [2.45, 2.75) is 13.8 Å². The molecule has 0 spiro atoms. The molecule has 1 amide bonds. The molecule has 0 aliphatic heterocycles. The highest BCUT2D eigenvalue weighted by atomic mass is 19.2. The second kappa shape index (κ2) is 5.91. The van der Waals surface area contributed by atoms with Crippen LogP contribution < -0.4 is 10.6 Å². The molecule has 0 aliphatic carbocycles. The lowest BCUT2D eigenvalue weighted by Crippen LogP contribution is -2.39. The average molecular weight is 256 g/mol. The maximum Gasteiger partial charge on any atom is 0.251 e. The number of halogens is 2. The maximum absolute atomic E-state index is 13.0. The summed E-state index contributed by atoms with van der Waals surface area (Å²) in [5.41, 5.74) is 0.0114. The van der Waals surface area contributed by atoms with Gasteiger partial charge in [-0.15, -0.1) is 0 Å². The lowest BCUT2D eigenvalue weighted by atomic mass is 9.93. The Bertz CT molecular complexity index is 433. The molecule has 0 radical (unpaired) electrons. The van der Waals surface area contributed by atoms with Crippen LogP contribution in [0, 0.1) is 17.0 Å². The van der Waals surface area contributed by atoms with Crippen molar-refractivity contribution in [3.8, 4) is 0 Å². The number of benzene rings is 1. The van der Waals surface area contributed by atoms with E-state index in [1.54, 1.807) is 0 Å². The van der Waals surface area contributed by atoms with Crippen LogP contribution in [0.15, 0.2) is 18.2 Å². The zero-order valence-corrected chi connectivity index (χ0v) is 10.8. The molecule has 1 rings (SSSR count). The van der Waals surface area contributed by atoms with Crippen molar-refractivity contribution in [3.63, 3.8) is 0 Å². The number of rotatable bonds is 5. The minimum absolute atomic E-state index is 0.108. The number of carbonyl (C=O) groups is 1. The average Bonchev–Trinajstić information content (AvgIpc) is 2.30. The molecule has 0 saturated carbocycles. The van der Waals surface area contributed by atoms with Crippen LogP contribution in [0.5, 0.6) is 0 Å². The molecule has 5 heteroatoms. The van der Waals surface area contributed by atoms with E-state index >= 15 is 0 Å². The summed E-state index contributed by atoms with van der Waals surface area (Å²) in [4.78, 5) is 11.7. The molecule has 0 saturated heterocycles. The van der Waals surface area contributed by atoms with Crippen molar-refractivity contribution in [3.05, 3.63) is 35.4 Å². The van der Waals surface area contributed by atoms with Gasteiger partial charge in [-0.2, -0.15) is 0 Å². The monoisotopic (exact) mass is 256 g/mol. The molecular formula is C13H18F2N2O. The molecule has 0 atom stereocenters. The fourth-order valence-corrected chi connectivity index (χ4v) is 1.60. The van der Waals surface area contributed by atoms with Crippen LogP contribution in [-0.4, -0.2) is 26.0 Å². The summed E-state index contributed by atoms with van der Waals surface area (Å²) in [6.07, 6.45) is 0. The van der Waals surface area contributed by atoms with E-state index in [1.165, 1.54) is 6.07 Å². The van der Waals surface area contributed by atoms with Crippen LogP contribution in [0.4, 0.5) is 8.78 Å². The van der Waals surface area contributed by atoms with Crippen LogP contribution in [-0.2, 0) is 0 Å². The Kier molecular flexibility index (Phi) is 4.78. The highest BCUT2D eigenvalue weighted by molar-refractivity contribution is 5.94. The number of carbonyl (C=O) groups excluding carboxylic acids is 1. The Morgan fingerprint density at radius 3 is 2.44 bits per heavy atom. The summed E-state index contributed by atoms with van der Waals surface area (Å²) in [5, 5.41) is 5.73. The van der Waals surface area contributed by atoms with Gasteiger partial charge in [0.2, 0.25) is 0 Å². The van der Waals surface area contributed by atoms with Gasteiger partial charge in [-0.3, -0.25) is 4.79 Å². The predicted molar refractivity (Wildman–Crippen MR) is 66.4 cm³/mol. The Labute approximate surface area is 106 Å². The molecule has 1 aromatic carbocycles. The summed E-state index contributed by atoms with van der Waals surface area (Å²) in [6.45, 7) is 5.18. The molecular weight excluding hydrogens is 238 g/mol. The Hall–Kier alpha value is -1.49. The van der Waals surface area contributed by atoms with Crippen molar-refractivity contribution in [2.24, 2.45) is 5.41 Å². The van der Waals surface area contributed by atoms with Crippen LogP contribution >= 0.6 is 0 Å². The van der Waals surface area contributed by atoms with Gasteiger partial charge in [-0.1, -0.05) is 13.8 Å². The van der Waals surface area contributed by atoms with E-state index in [-0.39, 0.29) is 11.0 Å². The van der Waals surface area contributed by atoms with Gasteiger partial charge in [0.25, 0.3) is 5.91 Å². The van der Waals surface area contributed by atoms with E-state index < -0.39 is 17.5 Å². The van der Waals surface area contributed by atoms with E-state index in [0.717, 1.165) is 18.7 Å². The highest BCUT2D eigenvalue weighted by Gasteiger charge is 2.18. The first-order valence-electron chi connectivity index (χ1n) is 5.73. The largest absolute Gasteiger partial charge is 0.351 e. The number of hydrogen-bond donors (Lipinski definition) is 2. The van der Waals surface area contributed by atoms with Crippen molar-refractivity contribution in [2.75, 3.05) is 20.1 Å². The highest BCUT2D eigenvalue weighted by Crippen LogP contribution is 2.13. The van der Waals surface area contributed by atoms with Crippen molar-refractivity contribution < 1.29 is 13.6 Å². The number of amides is 1. The molecule has 0 aromatic heterocycles. The Balaban J connectivity index is 2.63. The van der Waals surface area contributed by atoms with Crippen molar-refractivity contribution in [1.82, 2.24) is 10.6 Å². The first-order valence-corrected chi connectivity index (χ1v) is 5.73. The minimum Gasteiger partial charge on any atom is -0.351 e. The van der Waals surface area contributed by atoms with Gasteiger partial charge in [-0.05, 0) is 30.7 Å². The molecule has 1 aromatic rings. The van der Waals surface area contributed by atoms with Crippen LogP contribution in [0.3, 0.4) is 0 Å². The lowest BCUT2D eigenvalue weighted by molar-refractivity contribution is 0.0936. The third kappa shape index (κ3) is 4.07. The third-order valence-electron chi connectivity index (χ3n) is 2.56. The summed E-state index contributed by atoms with van der Waals surface area (Å²) < 4.78 is 25.7. The molecule has 100 valence electrons. The van der Waals surface area contributed by atoms with Crippen LogP contribution in [0.1, 0.15) is 24.2 Å². The first kappa shape index (κ1) is 14.6. The minimum atomic E-state index is -1.02. The van der Waals surface area contributed by atoms with Crippen molar-refractivity contribution in [1.29, 1.82) is 0 Å². The van der Waals surface area contributed by atoms with Crippen molar-refractivity contribution >= 4 is 5.91 Å². The third-order valence-corrected chi connectivity index (χ3v) is 2.56. The molecule has 2 N–H and O–H groups in total. The van der Waals surface area contributed by atoms with E-state index in [2.05, 4.69) is 10.6 Å². The standard InChI is InChI=1S/C13H18F2N2O/c1-13(2,7-16-3)8-17-12(18)9-4-5-10(14)11(15)6-9/h4-6,16H,7-8H2,1-3H3,(H,17,18). The molecule has 0 heterocycles. The number of hydrogen-bond acceptors (Lipinski definition) is 2. The summed E-state index contributed by atoms with van der Waals surface area (Å²) in [5.74, 6) is -2.38. The first-order chi connectivity index (χ1) is 8.35. The summed E-state index contributed by atoms with van der Waals surface area (Å²) >= 11 is 0. The molecule has 0 bridgehead atoms. The molecule has 0 aliphatic rings. The van der Waals surface area contributed by atoms with Gasteiger partial charge < -0.3 is 10.6 Å². The Morgan fingerprint density at radius 2 is 1.89 bits per heavy atom. The predicted octanol–water partition coefficient (Wildman–Crippen LogP) is 1.94. The van der Waals surface area contributed by atoms with E-state index in [1.807, 2.05) is 20.9 Å². The fourth-order valence-electron chi connectivity index (χ4n) is 1.60. The molecule has 0 unspecified atom stereocenters. The second-order valence-corrected chi connectivity index (χ2v) is 5.01. The van der Waals surface area contributed by atoms with Gasteiger partial charge in [0, 0.05) is 18.7 Å². The van der Waals surface area contributed by atoms with Gasteiger partial charge in [-0.25, -0.2) is 8.78 Å². The van der Waals surface area contributed by atoms with Gasteiger partial charge in [0.15, 0.2) is 11.6 Å². The zero-order valence-electron chi connectivity index (χ0n) is 10.8. The molecule has 18 heavy (non-hydrogen) atoms. The Morgan fingerprint density at radius 1 is 1.22 bits per heavy atom.